The third-order valence-electron chi connectivity index (χ3n) is 7.23. The fourth-order valence-corrected chi connectivity index (χ4v) is 8.84. The van der Waals surface area contributed by atoms with Crippen LogP contribution in [0.5, 0.6) is 0 Å². The fraction of sp³-hybridized carbons (Fsp3) is 0.929. The number of carbonyl (C=O) groups excluding carboxylic acids is 1. The van der Waals surface area contributed by atoms with E-state index in [2.05, 4.69) is 21.2 Å². The van der Waals surface area contributed by atoms with Gasteiger partial charge in [0.25, 0.3) is 0 Å². The molecule has 7 fully saturated rings. The zero-order chi connectivity index (χ0) is 13.5. The third kappa shape index (κ3) is 0.669. The molecule has 0 radical (unpaired) electrons. The van der Waals surface area contributed by atoms with E-state index in [0.717, 1.165) is 0 Å². The number of halogens is 1. The summed E-state index contributed by atoms with van der Waals surface area (Å²) in [6.45, 7) is 3.67. The van der Waals surface area contributed by atoms with Crippen LogP contribution < -0.4 is 5.32 Å². The highest BCUT2D eigenvalue weighted by atomic mass is 79.9. The number of amides is 1. The first-order chi connectivity index (χ1) is 9.64. The van der Waals surface area contributed by atoms with Crippen molar-refractivity contribution < 1.29 is 19.0 Å². The second kappa shape index (κ2) is 2.79. The maximum Gasteiger partial charge on any atom is 0.407 e. The molecular weight excluding hydrogens is 326 g/mol. The minimum absolute atomic E-state index is 0.0162. The number of carbonyl (C=O) groups is 1. The molecule has 7 aliphatic rings. The second-order valence-corrected chi connectivity index (χ2v) is 8.38. The first-order valence-corrected chi connectivity index (χ1v) is 8.35. The van der Waals surface area contributed by atoms with Gasteiger partial charge in [0.15, 0.2) is 5.79 Å². The summed E-state index contributed by atoms with van der Waals surface area (Å²) in [6.07, 6.45) is -0.255. The lowest BCUT2D eigenvalue weighted by atomic mass is 9.16. The fourth-order valence-electron chi connectivity index (χ4n) is 7.21. The quantitative estimate of drug-likeness (QED) is 0.764. The van der Waals surface area contributed by atoms with Gasteiger partial charge >= 0.3 is 6.09 Å². The molecule has 0 aromatic carbocycles. The van der Waals surface area contributed by atoms with E-state index in [1.807, 2.05) is 6.92 Å². The second-order valence-electron chi connectivity index (χ2n) is 7.07. The molecule has 1 amide bonds. The molecule has 108 valence electrons. The van der Waals surface area contributed by atoms with Crippen LogP contribution in [-0.4, -0.2) is 41.6 Å². The Morgan fingerprint density at radius 1 is 1.20 bits per heavy atom. The molecule has 6 heteroatoms. The van der Waals surface area contributed by atoms with Gasteiger partial charge in [0.05, 0.1) is 29.7 Å². The molecule has 0 aromatic heterocycles. The lowest BCUT2D eigenvalue weighted by Gasteiger charge is -2.91. The van der Waals surface area contributed by atoms with Crippen LogP contribution in [0.2, 0.25) is 0 Å². The van der Waals surface area contributed by atoms with Gasteiger partial charge in [-0.1, -0.05) is 15.9 Å². The normalized spacial score (nSPS) is 63.9. The molecule has 2 bridgehead atoms. The molecule has 1 saturated heterocycles. The first-order valence-electron chi connectivity index (χ1n) is 7.56. The summed E-state index contributed by atoms with van der Waals surface area (Å²) in [4.78, 5) is 11.8. The average molecular weight is 342 g/mol. The average Bonchev–Trinajstić information content (AvgIpc) is 2.96. The lowest BCUT2D eigenvalue weighted by Crippen LogP contribution is -2.99. The van der Waals surface area contributed by atoms with Crippen molar-refractivity contribution in [3.63, 3.8) is 0 Å². The largest absolute Gasteiger partial charge is 0.450 e. The van der Waals surface area contributed by atoms with Crippen LogP contribution in [0.1, 0.15) is 6.92 Å². The highest BCUT2D eigenvalue weighted by molar-refractivity contribution is 9.10. The molecule has 20 heavy (non-hydrogen) atoms. The molecule has 0 aromatic rings. The van der Waals surface area contributed by atoms with E-state index >= 15 is 0 Å². The Labute approximate surface area is 124 Å². The number of hydrogen-bond donors (Lipinski definition) is 1. The Bertz CT molecular complexity index is 539. The molecular formula is C14H16BrNO4. The van der Waals surface area contributed by atoms with Gasteiger partial charge in [0.1, 0.15) is 0 Å². The van der Waals surface area contributed by atoms with Crippen molar-refractivity contribution in [3.8, 4) is 0 Å². The van der Waals surface area contributed by atoms with Crippen molar-refractivity contribution >= 4 is 22.0 Å². The van der Waals surface area contributed by atoms with Crippen LogP contribution >= 0.6 is 15.9 Å². The predicted octanol–water partition coefficient (Wildman–Crippen LogP) is 1.11. The minimum atomic E-state index is -0.398. The van der Waals surface area contributed by atoms with Gasteiger partial charge in [0.2, 0.25) is 0 Å². The highest BCUT2D eigenvalue weighted by Gasteiger charge is 3.09. The predicted molar refractivity (Wildman–Crippen MR) is 70.1 cm³/mol. The van der Waals surface area contributed by atoms with Crippen LogP contribution in [0, 0.1) is 35.5 Å². The van der Waals surface area contributed by atoms with Crippen molar-refractivity contribution in [3.05, 3.63) is 0 Å². The number of hydrogen-bond acceptors (Lipinski definition) is 4. The highest BCUT2D eigenvalue weighted by Crippen LogP contribution is 3.01. The number of ether oxygens (including phenoxy) is 3. The van der Waals surface area contributed by atoms with Gasteiger partial charge in [-0.25, -0.2) is 4.79 Å². The Kier molecular flexibility index (Phi) is 1.57. The number of nitrogens with one attached hydrogen (secondary N) is 1. The van der Waals surface area contributed by atoms with E-state index in [4.69, 9.17) is 14.2 Å². The Morgan fingerprint density at radius 3 is 2.40 bits per heavy atom. The van der Waals surface area contributed by atoms with Gasteiger partial charge in [-0.3, -0.25) is 0 Å². The van der Waals surface area contributed by atoms with Gasteiger partial charge in [-0.2, -0.15) is 0 Å². The van der Waals surface area contributed by atoms with Crippen molar-refractivity contribution in [2.24, 2.45) is 35.5 Å². The van der Waals surface area contributed by atoms with E-state index in [9.17, 15) is 4.79 Å². The molecule has 1 spiro atoms. The minimum Gasteiger partial charge on any atom is -0.450 e. The molecule has 7 rings (SSSR count). The molecule has 8 atom stereocenters. The summed E-state index contributed by atoms with van der Waals surface area (Å²) >= 11 is 4.00. The Balaban J connectivity index is 1.37. The summed E-state index contributed by atoms with van der Waals surface area (Å²) in [7, 11) is 0. The number of alkyl carbamates (subject to hydrolysis) is 1. The van der Waals surface area contributed by atoms with Crippen LogP contribution in [0.15, 0.2) is 0 Å². The Hall–Kier alpha value is -0.330. The van der Waals surface area contributed by atoms with Crippen LogP contribution in [0.3, 0.4) is 0 Å². The zero-order valence-electron chi connectivity index (χ0n) is 11.1. The van der Waals surface area contributed by atoms with Gasteiger partial charge in [-0.15, -0.1) is 0 Å². The summed E-state index contributed by atoms with van der Waals surface area (Å²) < 4.78 is 17.3. The van der Waals surface area contributed by atoms with Crippen molar-refractivity contribution in [1.82, 2.24) is 5.32 Å². The summed E-state index contributed by atoms with van der Waals surface area (Å²) in [6, 6.07) is 0. The van der Waals surface area contributed by atoms with E-state index < -0.39 is 5.79 Å². The molecule has 6 aliphatic carbocycles. The van der Waals surface area contributed by atoms with Crippen LogP contribution in [0.4, 0.5) is 4.79 Å². The number of rotatable bonds is 2. The molecule has 5 nitrogen and oxygen atoms in total. The maximum atomic E-state index is 11.8. The van der Waals surface area contributed by atoms with E-state index in [1.165, 1.54) is 0 Å². The van der Waals surface area contributed by atoms with Gasteiger partial charge in [-0.05, 0) is 36.5 Å². The van der Waals surface area contributed by atoms with Crippen molar-refractivity contribution in [1.29, 1.82) is 0 Å². The zero-order valence-corrected chi connectivity index (χ0v) is 12.7. The topological polar surface area (TPSA) is 56.8 Å². The lowest BCUT2D eigenvalue weighted by molar-refractivity contribution is -0.391. The van der Waals surface area contributed by atoms with Gasteiger partial charge < -0.3 is 19.5 Å². The molecule has 1 aliphatic heterocycles. The SMILES string of the molecule is CCOC(=O)NC12C3[C@@H]4[C@H]1C1[C@H]2[C@H]3C4(Br)C12OCCO2. The standard InChI is InChI=1S/C14H16BrNO4/c1-2-18-11(17)16-12-5-8-6(12)10-7(12)9(5)13(8,15)14(10)19-3-4-20-14/h5-10H,2-4H2,1H3,(H,16,17)/t5?,6-,7+,8+,9-,10?,12?,13?. The molecule has 1 N–H and O–H groups in total. The van der Waals surface area contributed by atoms with Crippen LogP contribution in [-0.2, 0) is 14.2 Å². The van der Waals surface area contributed by atoms with Crippen LogP contribution in [0.25, 0.3) is 0 Å². The Morgan fingerprint density at radius 2 is 1.80 bits per heavy atom. The van der Waals surface area contributed by atoms with Gasteiger partial charge in [0, 0.05) is 5.92 Å². The molecule has 4 unspecified atom stereocenters. The van der Waals surface area contributed by atoms with Crippen molar-refractivity contribution in [2.75, 3.05) is 19.8 Å². The van der Waals surface area contributed by atoms with E-state index in [0.29, 0.717) is 55.3 Å². The first kappa shape index (κ1) is 11.3. The summed E-state index contributed by atoms with van der Waals surface area (Å²) in [5.41, 5.74) is 0.0162. The smallest absolute Gasteiger partial charge is 0.407 e. The van der Waals surface area contributed by atoms with E-state index in [-0.39, 0.29) is 16.0 Å². The number of alkyl halides is 1. The summed E-state index contributed by atoms with van der Waals surface area (Å²) in [5, 5.41) is 3.18. The summed E-state index contributed by atoms with van der Waals surface area (Å²) in [5.74, 6) is 2.94. The molecule has 1 heterocycles. The maximum absolute atomic E-state index is 11.8. The van der Waals surface area contributed by atoms with E-state index in [1.54, 1.807) is 0 Å². The molecule has 6 saturated carbocycles. The monoisotopic (exact) mass is 341 g/mol. The van der Waals surface area contributed by atoms with Crippen molar-refractivity contribution in [2.45, 2.75) is 22.6 Å². The third-order valence-corrected chi connectivity index (χ3v) is 8.84.